The van der Waals surface area contributed by atoms with Gasteiger partial charge in [0.2, 0.25) is 0 Å². The molecule has 4 heteroatoms. The number of hydrogen-bond donors (Lipinski definition) is 1. The summed E-state index contributed by atoms with van der Waals surface area (Å²) >= 11 is 5.13. The van der Waals surface area contributed by atoms with Crippen molar-refractivity contribution in [3.63, 3.8) is 0 Å². The summed E-state index contributed by atoms with van der Waals surface area (Å²) < 4.78 is 13.1. The summed E-state index contributed by atoms with van der Waals surface area (Å²) in [5.41, 5.74) is -0.0702. The Morgan fingerprint density at radius 1 is 1.42 bits per heavy atom. The van der Waals surface area contributed by atoms with Gasteiger partial charge in [0, 0.05) is 5.56 Å². The van der Waals surface area contributed by atoms with Crippen LogP contribution in [0.2, 0.25) is 0 Å². The molecule has 1 unspecified atom stereocenters. The molecule has 0 saturated carbocycles. The van der Waals surface area contributed by atoms with E-state index in [0.717, 1.165) is 0 Å². The minimum Gasteiger partial charge on any atom is -0.478 e. The largest absolute Gasteiger partial charge is 0.478 e. The Labute approximate surface area is 73.6 Å². The van der Waals surface area contributed by atoms with Gasteiger partial charge in [-0.25, -0.2) is 9.18 Å². The van der Waals surface area contributed by atoms with Gasteiger partial charge in [0.1, 0.15) is 0 Å². The average molecular weight is 189 g/mol. The van der Waals surface area contributed by atoms with Gasteiger partial charge in [-0.3, -0.25) is 0 Å². The number of benzene rings is 1. The van der Waals surface area contributed by atoms with E-state index in [0.29, 0.717) is 0 Å². The van der Waals surface area contributed by atoms with E-state index >= 15 is 0 Å². The molecule has 64 valence electrons. The summed E-state index contributed by atoms with van der Waals surface area (Å²) in [5, 5.41) is 5.57. The first kappa shape index (κ1) is 9.00. The molecule has 0 fully saturated rings. The highest BCUT2D eigenvalue weighted by atomic mass is 35.5. The zero-order chi connectivity index (χ0) is 9.19. The van der Waals surface area contributed by atoms with Gasteiger partial charge in [0.15, 0.2) is 0 Å². The van der Waals surface area contributed by atoms with Crippen molar-refractivity contribution in [1.29, 1.82) is 0 Å². The second-order valence-electron chi connectivity index (χ2n) is 2.25. The molecule has 0 aliphatic rings. The molecule has 0 amide bonds. The van der Waals surface area contributed by atoms with Crippen molar-refractivity contribution in [1.82, 2.24) is 0 Å². The van der Waals surface area contributed by atoms with Crippen molar-refractivity contribution in [2.75, 3.05) is 0 Å². The van der Waals surface area contributed by atoms with Crippen LogP contribution in [0.15, 0.2) is 30.3 Å². The second kappa shape index (κ2) is 3.11. The molecule has 2 nitrogen and oxygen atoms in total. The number of hydrogen-bond acceptors (Lipinski definition) is 1. The van der Waals surface area contributed by atoms with Crippen molar-refractivity contribution >= 4 is 17.6 Å². The molecule has 1 N–H and O–H groups in total. The minimum absolute atomic E-state index is 0.0702. The maximum atomic E-state index is 13.1. The first-order valence-electron chi connectivity index (χ1n) is 3.22. The van der Waals surface area contributed by atoms with Crippen LogP contribution in [0.25, 0.3) is 0 Å². The summed E-state index contributed by atoms with van der Waals surface area (Å²) in [5.74, 6) is -1.70. The molecule has 0 aromatic heterocycles. The van der Waals surface area contributed by atoms with Gasteiger partial charge in [-0.1, -0.05) is 41.9 Å². The first-order chi connectivity index (χ1) is 5.55. The van der Waals surface area contributed by atoms with Crippen LogP contribution in [0.4, 0.5) is 4.39 Å². The Morgan fingerprint density at radius 3 is 2.33 bits per heavy atom. The smallest absolute Gasteiger partial charge is 0.362 e. The van der Waals surface area contributed by atoms with E-state index in [1.807, 2.05) is 0 Å². The third-order valence-corrected chi connectivity index (χ3v) is 1.78. The highest BCUT2D eigenvalue weighted by molar-refractivity contribution is 6.32. The van der Waals surface area contributed by atoms with Gasteiger partial charge in [0.05, 0.1) is 0 Å². The van der Waals surface area contributed by atoms with Crippen molar-refractivity contribution in [2.45, 2.75) is 5.13 Å². The van der Waals surface area contributed by atoms with E-state index in [4.69, 9.17) is 16.7 Å². The lowest BCUT2D eigenvalue weighted by Crippen LogP contribution is -2.23. The van der Waals surface area contributed by atoms with Gasteiger partial charge in [-0.05, 0) is 0 Å². The maximum absolute atomic E-state index is 13.1. The van der Waals surface area contributed by atoms with Crippen LogP contribution in [0.5, 0.6) is 0 Å². The molecule has 0 aliphatic heterocycles. The standard InChI is InChI=1S/C8H6ClFO2/c9-8(10,7(11)12)6-4-2-1-3-5-6/h1-5H,(H,11,12). The Bertz CT molecular complexity index is 284. The predicted molar refractivity (Wildman–Crippen MR) is 42.7 cm³/mol. The molecule has 12 heavy (non-hydrogen) atoms. The molecule has 0 radical (unpaired) electrons. The average Bonchev–Trinajstić information content (AvgIpc) is 2.06. The first-order valence-corrected chi connectivity index (χ1v) is 3.59. The van der Waals surface area contributed by atoms with E-state index in [1.165, 1.54) is 24.3 Å². The van der Waals surface area contributed by atoms with Gasteiger partial charge in [-0.15, -0.1) is 0 Å². The SMILES string of the molecule is O=C(O)C(F)(Cl)c1ccccc1. The molecule has 1 rings (SSSR count). The number of carboxylic acid groups (broad SMARTS) is 1. The number of carboxylic acids is 1. The summed E-state index contributed by atoms with van der Waals surface area (Å²) in [6.45, 7) is 0. The second-order valence-corrected chi connectivity index (χ2v) is 2.77. The highest BCUT2D eigenvalue weighted by Crippen LogP contribution is 2.30. The number of halogens is 2. The molecular weight excluding hydrogens is 183 g/mol. The van der Waals surface area contributed by atoms with Crippen molar-refractivity contribution < 1.29 is 14.3 Å². The zero-order valence-corrected chi connectivity index (χ0v) is 6.75. The van der Waals surface area contributed by atoms with Gasteiger partial charge in [0.25, 0.3) is 0 Å². The van der Waals surface area contributed by atoms with Crippen LogP contribution < -0.4 is 0 Å². The number of aliphatic carboxylic acids is 1. The maximum Gasteiger partial charge on any atom is 0.362 e. The van der Waals surface area contributed by atoms with Crippen molar-refractivity contribution in [3.8, 4) is 0 Å². The lowest BCUT2D eigenvalue weighted by Gasteiger charge is -2.11. The van der Waals surface area contributed by atoms with Crippen LogP contribution >= 0.6 is 11.6 Å². The topological polar surface area (TPSA) is 37.3 Å². The van der Waals surface area contributed by atoms with Crippen molar-refractivity contribution in [3.05, 3.63) is 35.9 Å². The molecular formula is C8H6ClFO2. The quantitative estimate of drug-likeness (QED) is 0.722. The van der Waals surface area contributed by atoms with Crippen LogP contribution in [0.3, 0.4) is 0 Å². The van der Waals surface area contributed by atoms with Crippen molar-refractivity contribution in [2.24, 2.45) is 0 Å². The van der Waals surface area contributed by atoms with Crippen LogP contribution in [0.1, 0.15) is 5.56 Å². The molecule has 1 atom stereocenters. The van der Waals surface area contributed by atoms with Gasteiger partial charge in [-0.2, -0.15) is 0 Å². The molecule has 0 bridgehead atoms. The van der Waals surface area contributed by atoms with Gasteiger partial charge < -0.3 is 5.11 Å². The number of alkyl halides is 2. The molecule has 0 spiro atoms. The summed E-state index contributed by atoms with van der Waals surface area (Å²) in [6, 6.07) is 7.34. The van der Waals surface area contributed by atoms with Crippen LogP contribution in [-0.2, 0) is 9.92 Å². The van der Waals surface area contributed by atoms with Crippen LogP contribution in [-0.4, -0.2) is 11.1 Å². The summed E-state index contributed by atoms with van der Waals surface area (Å²) in [4.78, 5) is 10.3. The summed E-state index contributed by atoms with van der Waals surface area (Å²) in [7, 11) is 0. The normalized spacial score (nSPS) is 15.2. The Kier molecular flexibility index (Phi) is 2.33. The Hall–Kier alpha value is -1.09. The fourth-order valence-electron chi connectivity index (χ4n) is 0.771. The van der Waals surface area contributed by atoms with E-state index < -0.39 is 11.1 Å². The predicted octanol–water partition coefficient (Wildman–Crippen LogP) is 2.13. The van der Waals surface area contributed by atoms with Gasteiger partial charge >= 0.3 is 11.1 Å². The summed E-state index contributed by atoms with van der Waals surface area (Å²) in [6.07, 6.45) is 0. The molecule has 1 aromatic rings. The highest BCUT2D eigenvalue weighted by Gasteiger charge is 2.37. The molecule has 1 aromatic carbocycles. The molecule has 0 aliphatic carbocycles. The fraction of sp³-hybridized carbons (Fsp3) is 0.125. The Morgan fingerprint density at radius 2 is 1.92 bits per heavy atom. The lowest BCUT2D eigenvalue weighted by molar-refractivity contribution is -0.145. The van der Waals surface area contributed by atoms with E-state index in [1.54, 1.807) is 6.07 Å². The monoisotopic (exact) mass is 188 g/mol. The van der Waals surface area contributed by atoms with Crippen LogP contribution in [0, 0.1) is 0 Å². The zero-order valence-electron chi connectivity index (χ0n) is 6.00. The van der Waals surface area contributed by atoms with E-state index in [-0.39, 0.29) is 5.56 Å². The molecule has 0 saturated heterocycles. The van der Waals surface area contributed by atoms with E-state index in [9.17, 15) is 9.18 Å². The minimum atomic E-state index is -2.82. The Balaban J connectivity index is 3.06. The van der Waals surface area contributed by atoms with E-state index in [2.05, 4.69) is 0 Å². The third kappa shape index (κ3) is 1.56. The third-order valence-electron chi connectivity index (χ3n) is 1.40. The lowest BCUT2D eigenvalue weighted by atomic mass is 10.1. The number of rotatable bonds is 2. The molecule has 0 heterocycles. The number of carbonyl (C=O) groups is 1. The fourth-order valence-corrected chi connectivity index (χ4v) is 0.897.